The summed E-state index contributed by atoms with van der Waals surface area (Å²) in [5.74, 6) is -0.476. The van der Waals surface area contributed by atoms with Crippen molar-refractivity contribution in [2.75, 3.05) is 13.6 Å². The monoisotopic (exact) mass is 506 g/mol. The molecule has 0 aromatic heterocycles. The van der Waals surface area contributed by atoms with Crippen LogP contribution in [0.4, 0.5) is 35.5 Å². The molecule has 1 unspecified atom stereocenters. The second-order valence-electron chi connectivity index (χ2n) is 8.80. The first-order valence-electron chi connectivity index (χ1n) is 10.9. The number of benzene rings is 2. The van der Waals surface area contributed by atoms with Crippen molar-refractivity contribution in [1.29, 1.82) is 0 Å². The van der Waals surface area contributed by atoms with Gasteiger partial charge in [-0.25, -0.2) is 9.18 Å². The normalized spacial score (nSPS) is 20.0. The molecular formula is C24H25F7N2O2. The van der Waals surface area contributed by atoms with Gasteiger partial charge in [-0.05, 0) is 73.7 Å². The molecule has 192 valence electrons. The second kappa shape index (κ2) is 9.67. The molecule has 0 aliphatic carbocycles. The van der Waals surface area contributed by atoms with Crippen molar-refractivity contribution >= 4 is 6.03 Å². The number of amides is 2. The van der Waals surface area contributed by atoms with Crippen molar-refractivity contribution in [3.8, 4) is 0 Å². The average molecular weight is 506 g/mol. The molecule has 11 heteroatoms. The molecule has 35 heavy (non-hydrogen) atoms. The van der Waals surface area contributed by atoms with E-state index in [-0.39, 0.29) is 31.0 Å². The fourth-order valence-corrected chi connectivity index (χ4v) is 4.30. The van der Waals surface area contributed by atoms with Gasteiger partial charge in [0, 0.05) is 13.6 Å². The molecule has 1 N–H and O–H groups in total. The van der Waals surface area contributed by atoms with Gasteiger partial charge in [0.1, 0.15) is 5.82 Å². The van der Waals surface area contributed by atoms with Crippen LogP contribution < -0.4 is 0 Å². The number of alkyl halides is 6. The first kappa shape index (κ1) is 26.8. The summed E-state index contributed by atoms with van der Waals surface area (Å²) in [6.07, 6.45) is -10.3. The molecule has 1 fully saturated rings. The molecule has 1 aliphatic heterocycles. The minimum atomic E-state index is -5.01. The number of aliphatic hydroxyl groups excluding tert-OH is 1. The highest BCUT2D eigenvalue weighted by Crippen LogP contribution is 2.39. The molecule has 3 rings (SSSR count). The van der Waals surface area contributed by atoms with E-state index in [1.807, 2.05) is 0 Å². The molecule has 0 spiro atoms. The highest BCUT2D eigenvalue weighted by Gasteiger charge is 2.39. The fraction of sp³-hybridized carbons (Fsp3) is 0.458. The van der Waals surface area contributed by atoms with Crippen LogP contribution in [-0.4, -0.2) is 40.6 Å². The van der Waals surface area contributed by atoms with Gasteiger partial charge in [-0.2, -0.15) is 26.3 Å². The summed E-state index contributed by atoms with van der Waals surface area (Å²) in [5, 5.41) is 10.2. The van der Waals surface area contributed by atoms with E-state index in [1.165, 1.54) is 37.1 Å². The zero-order chi connectivity index (χ0) is 26.3. The maximum atomic E-state index is 13.6. The van der Waals surface area contributed by atoms with Gasteiger partial charge in [0.2, 0.25) is 0 Å². The predicted molar refractivity (Wildman–Crippen MR) is 114 cm³/mol. The average Bonchev–Trinajstić information content (AvgIpc) is 2.76. The van der Waals surface area contributed by atoms with E-state index in [1.54, 1.807) is 6.92 Å². The third kappa shape index (κ3) is 5.88. The van der Waals surface area contributed by atoms with Crippen molar-refractivity contribution in [2.45, 2.75) is 57.2 Å². The van der Waals surface area contributed by atoms with Crippen LogP contribution in [0.25, 0.3) is 0 Å². The number of nitrogens with zero attached hydrogens (tertiary/aromatic N) is 2. The molecule has 2 amide bonds. The summed E-state index contributed by atoms with van der Waals surface area (Å²) in [7, 11) is 1.29. The third-order valence-electron chi connectivity index (χ3n) is 6.39. The topological polar surface area (TPSA) is 43.8 Å². The van der Waals surface area contributed by atoms with Crippen LogP contribution in [0.15, 0.2) is 36.4 Å². The minimum Gasteiger partial charge on any atom is -0.393 e. The highest BCUT2D eigenvalue weighted by atomic mass is 19.4. The van der Waals surface area contributed by atoms with Crippen LogP contribution in [0.1, 0.15) is 59.7 Å². The number of urea groups is 1. The zero-order valence-corrected chi connectivity index (χ0v) is 19.2. The lowest BCUT2D eigenvalue weighted by atomic mass is 9.91. The summed E-state index contributed by atoms with van der Waals surface area (Å²) >= 11 is 0. The van der Waals surface area contributed by atoms with E-state index >= 15 is 0 Å². The lowest BCUT2D eigenvalue weighted by Gasteiger charge is -2.42. The first-order chi connectivity index (χ1) is 16.1. The number of rotatable bonds is 3. The standard InChI is InChI=1S/C24H25F7N2O2/c1-13-8-18(25)4-5-20(13)21-12-19(34)6-7-33(21)22(35)32(3)14(2)15-9-16(23(26,27)28)11-17(10-15)24(29,30)31/h4-5,8-11,14,19,21,34H,6-7,12H2,1-3H3/t14-,19?,21-/m1/s1. The smallest absolute Gasteiger partial charge is 0.393 e. The summed E-state index contributed by atoms with van der Waals surface area (Å²) in [5.41, 5.74) is -2.11. The van der Waals surface area contributed by atoms with Crippen molar-refractivity contribution in [2.24, 2.45) is 0 Å². The Morgan fingerprint density at radius 3 is 2.14 bits per heavy atom. The fourth-order valence-electron chi connectivity index (χ4n) is 4.30. The molecule has 3 atom stereocenters. The number of halogens is 7. The minimum absolute atomic E-state index is 0.0391. The Hall–Kier alpha value is -2.82. The Morgan fingerprint density at radius 2 is 1.63 bits per heavy atom. The van der Waals surface area contributed by atoms with Crippen molar-refractivity contribution < 1.29 is 40.6 Å². The van der Waals surface area contributed by atoms with Crippen LogP contribution in [-0.2, 0) is 12.4 Å². The molecule has 4 nitrogen and oxygen atoms in total. The van der Waals surface area contributed by atoms with Crippen LogP contribution in [0, 0.1) is 12.7 Å². The Morgan fingerprint density at radius 1 is 1.06 bits per heavy atom. The second-order valence-corrected chi connectivity index (χ2v) is 8.80. The van der Waals surface area contributed by atoms with E-state index in [0.717, 1.165) is 4.90 Å². The maximum Gasteiger partial charge on any atom is 0.416 e. The van der Waals surface area contributed by atoms with Gasteiger partial charge >= 0.3 is 18.4 Å². The molecule has 1 heterocycles. The van der Waals surface area contributed by atoms with Gasteiger partial charge in [-0.1, -0.05) is 6.07 Å². The molecule has 0 bridgehead atoms. The predicted octanol–water partition coefficient (Wildman–Crippen LogP) is 6.48. The number of carbonyl (C=O) groups is 1. The van der Waals surface area contributed by atoms with E-state index in [4.69, 9.17) is 0 Å². The van der Waals surface area contributed by atoms with E-state index < -0.39 is 53.5 Å². The summed E-state index contributed by atoms with van der Waals surface area (Å²) in [6.45, 7) is 3.09. The van der Waals surface area contributed by atoms with Gasteiger partial charge in [0.25, 0.3) is 0 Å². The number of hydrogen-bond acceptors (Lipinski definition) is 2. The molecule has 1 aliphatic rings. The lowest BCUT2D eigenvalue weighted by molar-refractivity contribution is -0.143. The molecule has 0 saturated carbocycles. The summed E-state index contributed by atoms with van der Waals surface area (Å²) in [6, 6.07) is 2.84. The van der Waals surface area contributed by atoms with Gasteiger partial charge in [0.15, 0.2) is 0 Å². The largest absolute Gasteiger partial charge is 0.416 e. The summed E-state index contributed by atoms with van der Waals surface area (Å²) < 4.78 is 93.3. The van der Waals surface area contributed by atoms with Crippen molar-refractivity contribution in [1.82, 2.24) is 9.80 Å². The first-order valence-corrected chi connectivity index (χ1v) is 10.9. The van der Waals surface area contributed by atoms with Crippen LogP contribution in [0.2, 0.25) is 0 Å². The van der Waals surface area contributed by atoms with E-state index in [0.29, 0.717) is 23.3 Å². The SMILES string of the molecule is Cc1cc(F)ccc1[C@H]1CC(O)CCN1C(=O)N(C)[C@H](C)c1cc(C(F)(F)F)cc(C(F)(F)F)c1. The number of aliphatic hydroxyl groups is 1. The third-order valence-corrected chi connectivity index (χ3v) is 6.39. The van der Waals surface area contributed by atoms with Crippen LogP contribution in [0.5, 0.6) is 0 Å². The van der Waals surface area contributed by atoms with E-state index in [2.05, 4.69) is 0 Å². The number of hydrogen-bond donors (Lipinski definition) is 1. The van der Waals surface area contributed by atoms with Gasteiger partial charge in [-0.15, -0.1) is 0 Å². The van der Waals surface area contributed by atoms with Crippen LogP contribution in [0.3, 0.4) is 0 Å². The number of carbonyl (C=O) groups excluding carboxylic acids is 1. The number of aryl methyl sites for hydroxylation is 1. The highest BCUT2D eigenvalue weighted by molar-refractivity contribution is 5.75. The lowest BCUT2D eigenvalue weighted by Crippen LogP contribution is -2.48. The van der Waals surface area contributed by atoms with E-state index in [9.17, 15) is 40.6 Å². The molecule has 2 aromatic rings. The molecule has 2 aromatic carbocycles. The Bertz CT molecular complexity index is 1050. The summed E-state index contributed by atoms with van der Waals surface area (Å²) in [4.78, 5) is 15.9. The molecule has 1 saturated heterocycles. The molecular weight excluding hydrogens is 481 g/mol. The Balaban J connectivity index is 1.95. The van der Waals surface area contributed by atoms with Gasteiger partial charge in [0.05, 0.1) is 29.3 Å². The maximum absolute atomic E-state index is 13.6. The Labute approximate surface area is 197 Å². The van der Waals surface area contributed by atoms with Gasteiger partial charge in [-0.3, -0.25) is 0 Å². The number of likely N-dealkylation sites (tertiary alicyclic amines) is 1. The quantitative estimate of drug-likeness (QED) is 0.484. The van der Waals surface area contributed by atoms with Crippen molar-refractivity contribution in [3.05, 3.63) is 70.0 Å². The Kier molecular flexibility index (Phi) is 7.40. The zero-order valence-electron chi connectivity index (χ0n) is 19.2. The number of piperidine rings is 1. The van der Waals surface area contributed by atoms with Crippen molar-refractivity contribution in [3.63, 3.8) is 0 Å². The van der Waals surface area contributed by atoms with Crippen LogP contribution >= 0.6 is 0 Å². The molecule has 0 radical (unpaired) electrons. The van der Waals surface area contributed by atoms with Gasteiger partial charge < -0.3 is 14.9 Å².